The molecule has 0 aromatic rings. The number of aliphatic hydroxyl groups is 2. The van der Waals surface area contributed by atoms with Crippen molar-refractivity contribution in [3.05, 3.63) is 0 Å². The third-order valence-electron chi connectivity index (χ3n) is 0.929. The van der Waals surface area contributed by atoms with Crippen LogP contribution in [0.2, 0.25) is 0 Å². The fraction of sp³-hybridized carbons (Fsp3) is 1.00. The van der Waals surface area contributed by atoms with Gasteiger partial charge in [-0.05, 0) is 6.42 Å². The maximum absolute atomic E-state index is 8.97. The normalized spacial score (nSPS) is 15.3. The average Bonchev–Trinajstić information content (AvgIpc) is 1.59. The van der Waals surface area contributed by atoms with E-state index >= 15 is 0 Å². The Balaban J connectivity index is 3.47. The molecule has 2 N–H and O–H groups in total. The first-order chi connectivity index (χ1) is 4.45. The molecule has 1 unspecified atom stereocenters. The summed E-state index contributed by atoms with van der Waals surface area (Å²) in [5, 5.41) is 17.3. The van der Waals surface area contributed by atoms with E-state index in [1.165, 1.54) is 0 Å². The van der Waals surface area contributed by atoms with Crippen LogP contribution >= 0.6 is 34.8 Å². The summed E-state index contributed by atoms with van der Waals surface area (Å²) in [5.41, 5.74) is 0. The van der Waals surface area contributed by atoms with Gasteiger partial charge >= 0.3 is 0 Å². The summed E-state index contributed by atoms with van der Waals surface area (Å²) < 4.78 is -1.42. The fourth-order valence-corrected chi connectivity index (χ4v) is 1.05. The van der Waals surface area contributed by atoms with Crippen LogP contribution < -0.4 is 0 Å². The number of hydrogen-bond acceptors (Lipinski definition) is 2. The molecule has 0 radical (unpaired) electrons. The van der Waals surface area contributed by atoms with Crippen molar-refractivity contribution >= 4 is 34.8 Å². The zero-order chi connectivity index (χ0) is 8.20. The van der Waals surface area contributed by atoms with E-state index in [0.29, 0.717) is 0 Å². The van der Waals surface area contributed by atoms with Gasteiger partial charge in [0, 0.05) is 13.0 Å². The zero-order valence-corrected chi connectivity index (χ0v) is 7.49. The molecule has 0 heterocycles. The van der Waals surface area contributed by atoms with E-state index in [2.05, 4.69) is 0 Å². The molecular weight excluding hydrogens is 198 g/mol. The Morgan fingerprint density at radius 2 is 1.80 bits per heavy atom. The van der Waals surface area contributed by atoms with E-state index < -0.39 is 9.90 Å². The Morgan fingerprint density at radius 3 is 2.10 bits per heavy atom. The van der Waals surface area contributed by atoms with Gasteiger partial charge in [-0.25, -0.2) is 0 Å². The molecule has 0 fully saturated rings. The lowest BCUT2D eigenvalue weighted by Gasteiger charge is -2.14. The summed E-state index contributed by atoms with van der Waals surface area (Å²) in [7, 11) is 0. The molecule has 0 aromatic heterocycles. The molecule has 0 saturated carbocycles. The first-order valence-electron chi connectivity index (χ1n) is 2.81. The van der Waals surface area contributed by atoms with Crippen LogP contribution in [0.5, 0.6) is 0 Å². The van der Waals surface area contributed by atoms with E-state index in [4.69, 9.17) is 45.0 Å². The molecule has 0 spiro atoms. The molecule has 1 atom stereocenters. The van der Waals surface area contributed by atoms with Gasteiger partial charge in [0.25, 0.3) is 0 Å². The van der Waals surface area contributed by atoms with E-state index in [1.807, 2.05) is 0 Å². The number of hydrogen-bond donors (Lipinski definition) is 2. The quantitative estimate of drug-likeness (QED) is 0.689. The fourth-order valence-electron chi connectivity index (χ4n) is 0.518. The Hall–Kier alpha value is 0.790. The summed E-state index contributed by atoms with van der Waals surface area (Å²) in [4.78, 5) is 0. The minimum atomic E-state index is -1.42. The molecule has 0 bridgehead atoms. The summed E-state index contributed by atoms with van der Waals surface area (Å²) >= 11 is 16.1. The van der Waals surface area contributed by atoms with Gasteiger partial charge in [-0.3, -0.25) is 0 Å². The average molecular weight is 207 g/mol. The van der Waals surface area contributed by atoms with E-state index in [0.717, 1.165) is 0 Å². The first kappa shape index (κ1) is 10.8. The van der Waals surface area contributed by atoms with E-state index in [1.54, 1.807) is 0 Å². The topological polar surface area (TPSA) is 40.5 Å². The third-order valence-corrected chi connectivity index (χ3v) is 1.39. The Labute approximate surface area is 74.7 Å². The Kier molecular flexibility index (Phi) is 4.99. The molecule has 0 aromatic carbocycles. The van der Waals surface area contributed by atoms with Gasteiger partial charge in [0.1, 0.15) is 0 Å². The molecule has 0 aliphatic rings. The second kappa shape index (κ2) is 4.62. The van der Waals surface area contributed by atoms with Gasteiger partial charge in [0.2, 0.25) is 0 Å². The highest BCUT2D eigenvalue weighted by molar-refractivity contribution is 6.67. The van der Waals surface area contributed by atoms with Crippen LogP contribution in [-0.4, -0.2) is 26.7 Å². The van der Waals surface area contributed by atoms with Gasteiger partial charge < -0.3 is 10.2 Å². The molecule has 10 heavy (non-hydrogen) atoms. The Morgan fingerprint density at radius 1 is 1.30 bits per heavy atom. The molecule has 0 saturated heterocycles. The Bertz CT molecular complexity index is 91.4. The molecule has 62 valence electrons. The molecule has 0 aliphatic heterocycles. The van der Waals surface area contributed by atoms with Crippen molar-refractivity contribution in [1.82, 2.24) is 0 Å². The first-order valence-corrected chi connectivity index (χ1v) is 3.95. The number of halogens is 3. The maximum atomic E-state index is 8.97. The number of alkyl halides is 3. The minimum Gasteiger partial charge on any atom is -0.396 e. The van der Waals surface area contributed by atoms with Crippen LogP contribution in [0, 0.1) is 0 Å². The largest absolute Gasteiger partial charge is 0.396 e. The summed E-state index contributed by atoms with van der Waals surface area (Å²) in [6.07, 6.45) is -0.441. The lowest BCUT2D eigenvalue weighted by molar-refractivity contribution is 0.126. The lowest BCUT2D eigenvalue weighted by atomic mass is 10.2. The van der Waals surface area contributed by atoms with E-state index in [9.17, 15) is 0 Å². The van der Waals surface area contributed by atoms with Crippen molar-refractivity contribution < 1.29 is 10.2 Å². The summed E-state index contributed by atoms with van der Waals surface area (Å²) in [6.45, 7) is -0.0953. The monoisotopic (exact) mass is 206 g/mol. The molecular formula is C5H9Cl3O2. The highest BCUT2D eigenvalue weighted by Crippen LogP contribution is 2.31. The van der Waals surface area contributed by atoms with Gasteiger partial charge in [-0.1, -0.05) is 34.8 Å². The van der Waals surface area contributed by atoms with Crippen LogP contribution in [0.1, 0.15) is 12.8 Å². The molecule has 0 aliphatic carbocycles. The van der Waals surface area contributed by atoms with E-state index in [-0.39, 0.29) is 19.4 Å². The standard InChI is InChI=1S/C5H9Cl3O2/c6-5(7,8)3-4(10)1-2-9/h4,9-10H,1-3H2. The van der Waals surface area contributed by atoms with Crippen molar-refractivity contribution in [2.45, 2.75) is 22.7 Å². The van der Waals surface area contributed by atoms with Crippen molar-refractivity contribution in [2.75, 3.05) is 6.61 Å². The molecule has 5 heteroatoms. The van der Waals surface area contributed by atoms with Crippen molar-refractivity contribution in [2.24, 2.45) is 0 Å². The third kappa shape index (κ3) is 6.90. The second-order valence-corrected chi connectivity index (χ2v) is 4.50. The smallest absolute Gasteiger partial charge is 0.193 e. The molecule has 0 rings (SSSR count). The SMILES string of the molecule is OCCC(O)CC(Cl)(Cl)Cl. The predicted octanol–water partition coefficient (Wildman–Crippen LogP) is 1.49. The summed E-state index contributed by atoms with van der Waals surface area (Å²) in [6, 6.07) is 0. The van der Waals surface area contributed by atoms with Gasteiger partial charge in [0.15, 0.2) is 3.79 Å². The van der Waals surface area contributed by atoms with Crippen LogP contribution in [0.4, 0.5) is 0 Å². The number of aliphatic hydroxyl groups excluding tert-OH is 2. The molecule has 2 nitrogen and oxygen atoms in total. The van der Waals surface area contributed by atoms with Crippen LogP contribution in [0.25, 0.3) is 0 Å². The van der Waals surface area contributed by atoms with Gasteiger partial charge in [0.05, 0.1) is 6.10 Å². The highest BCUT2D eigenvalue weighted by Gasteiger charge is 2.23. The highest BCUT2D eigenvalue weighted by atomic mass is 35.6. The lowest BCUT2D eigenvalue weighted by Crippen LogP contribution is -2.17. The minimum absolute atomic E-state index is 0.0538. The molecule has 0 amide bonds. The van der Waals surface area contributed by atoms with Crippen LogP contribution in [-0.2, 0) is 0 Å². The van der Waals surface area contributed by atoms with Gasteiger partial charge in [-0.2, -0.15) is 0 Å². The van der Waals surface area contributed by atoms with Crippen molar-refractivity contribution in [3.63, 3.8) is 0 Å². The zero-order valence-electron chi connectivity index (χ0n) is 5.23. The second-order valence-electron chi connectivity index (χ2n) is 1.99. The number of rotatable bonds is 3. The van der Waals surface area contributed by atoms with Gasteiger partial charge in [-0.15, -0.1) is 0 Å². The predicted molar refractivity (Wildman–Crippen MR) is 42.6 cm³/mol. The van der Waals surface area contributed by atoms with Crippen LogP contribution in [0.3, 0.4) is 0 Å². The van der Waals surface area contributed by atoms with Crippen molar-refractivity contribution in [1.29, 1.82) is 0 Å². The van der Waals surface area contributed by atoms with Crippen LogP contribution in [0.15, 0.2) is 0 Å². The maximum Gasteiger partial charge on any atom is 0.193 e. The van der Waals surface area contributed by atoms with Crippen molar-refractivity contribution in [3.8, 4) is 0 Å². The summed E-state index contributed by atoms with van der Waals surface area (Å²) in [5.74, 6) is 0.